The van der Waals surface area contributed by atoms with Gasteiger partial charge in [0, 0.05) is 15.4 Å². The van der Waals surface area contributed by atoms with Crippen molar-refractivity contribution < 1.29 is 0 Å². The molecule has 25 heavy (non-hydrogen) atoms. The monoisotopic (exact) mass is 410 g/mol. The minimum absolute atomic E-state index is 0.00439. The molecule has 0 bridgehead atoms. The number of rotatable bonds is 3. The molecule has 124 valence electrons. The smallest absolute Gasteiger partial charge is 0.263 e. The van der Waals surface area contributed by atoms with Gasteiger partial charge in [0.1, 0.15) is 4.83 Å². The van der Waals surface area contributed by atoms with Crippen LogP contribution in [0.1, 0.15) is 11.1 Å². The molecular formula is C20H15BrN2OS. The van der Waals surface area contributed by atoms with Crippen LogP contribution < -0.4 is 5.56 Å². The standard InChI is InChI=1S/C20H15BrN2OS/c1-13-2-4-14(5-3-13)10-23-12-22-19-18(20(23)24)17(11-25-19)15-6-8-16(21)9-7-15/h2-9,11-12H,10H2,1H3. The Morgan fingerprint density at radius 1 is 1.08 bits per heavy atom. The van der Waals surface area contributed by atoms with Crippen molar-refractivity contribution in [1.29, 1.82) is 0 Å². The Hall–Kier alpha value is -2.24. The van der Waals surface area contributed by atoms with Crippen LogP contribution in [0.5, 0.6) is 0 Å². The highest BCUT2D eigenvalue weighted by Gasteiger charge is 2.13. The van der Waals surface area contributed by atoms with Crippen LogP contribution >= 0.6 is 27.3 Å². The van der Waals surface area contributed by atoms with Gasteiger partial charge in [-0.3, -0.25) is 9.36 Å². The van der Waals surface area contributed by atoms with Gasteiger partial charge >= 0.3 is 0 Å². The highest BCUT2D eigenvalue weighted by molar-refractivity contribution is 9.10. The average molecular weight is 411 g/mol. The summed E-state index contributed by atoms with van der Waals surface area (Å²) in [5.41, 5.74) is 4.28. The molecule has 2 aromatic heterocycles. The molecule has 0 aliphatic rings. The molecule has 4 rings (SSSR count). The van der Waals surface area contributed by atoms with Gasteiger partial charge in [0.2, 0.25) is 0 Å². The number of halogens is 1. The third-order valence-corrected chi connectivity index (χ3v) is 5.60. The maximum Gasteiger partial charge on any atom is 0.263 e. The molecule has 0 aliphatic heterocycles. The van der Waals surface area contributed by atoms with E-state index in [1.165, 1.54) is 16.9 Å². The van der Waals surface area contributed by atoms with Crippen LogP contribution in [0.15, 0.2) is 69.5 Å². The van der Waals surface area contributed by atoms with E-state index in [0.717, 1.165) is 26.0 Å². The van der Waals surface area contributed by atoms with Gasteiger partial charge in [0.25, 0.3) is 5.56 Å². The van der Waals surface area contributed by atoms with E-state index in [-0.39, 0.29) is 5.56 Å². The van der Waals surface area contributed by atoms with Crippen LogP contribution in [-0.4, -0.2) is 9.55 Å². The van der Waals surface area contributed by atoms with Crippen molar-refractivity contribution in [1.82, 2.24) is 9.55 Å². The van der Waals surface area contributed by atoms with E-state index in [1.807, 2.05) is 29.6 Å². The summed E-state index contributed by atoms with van der Waals surface area (Å²) in [4.78, 5) is 18.3. The molecule has 0 unspecified atom stereocenters. The molecule has 0 saturated heterocycles. The number of fused-ring (bicyclic) bond motifs is 1. The van der Waals surface area contributed by atoms with E-state index >= 15 is 0 Å². The van der Waals surface area contributed by atoms with E-state index in [1.54, 1.807) is 10.9 Å². The molecular weight excluding hydrogens is 396 g/mol. The Morgan fingerprint density at radius 2 is 1.80 bits per heavy atom. The maximum absolute atomic E-state index is 13.0. The molecule has 0 fully saturated rings. The van der Waals surface area contributed by atoms with Crippen LogP contribution in [0, 0.1) is 6.92 Å². The lowest BCUT2D eigenvalue weighted by atomic mass is 10.1. The van der Waals surface area contributed by atoms with Crippen molar-refractivity contribution in [3.05, 3.63) is 86.2 Å². The van der Waals surface area contributed by atoms with Crippen molar-refractivity contribution >= 4 is 37.5 Å². The minimum Gasteiger partial charge on any atom is -0.294 e. The fraction of sp³-hybridized carbons (Fsp3) is 0.100. The van der Waals surface area contributed by atoms with Gasteiger partial charge in [-0.1, -0.05) is 57.9 Å². The van der Waals surface area contributed by atoms with Gasteiger partial charge in [-0.25, -0.2) is 4.98 Å². The Balaban J connectivity index is 1.81. The average Bonchev–Trinajstić information content (AvgIpc) is 3.05. The van der Waals surface area contributed by atoms with Crippen molar-refractivity contribution in [3.8, 4) is 11.1 Å². The number of hydrogen-bond acceptors (Lipinski definition) is 3. The summed E-state index contributed by atoms with van der Waals surface area (Å²) in [6.07, 6.45) is 1.65. The summed E-state index contributed by atoms with van der Waals surface area (Å²) in [5, 5.41) is 2.71. The first-order chi connectivity index (χ1) is 12.1. The van der Waals surface area contributed by atoms with Gasteiger partial charge in [0.05, 0.1) is 18.3 Å². The molecule has 0 saturated carbocycles. The Morgan fingerprint density at radius 3 is 2.52 bits per heavy atom. The van der Waals surface area contributed by atoms with Gasteiger partial charge in [-0.05, 0) is 30.2 Å². The van der Waals surface area contributed by atoms with Gasteiger partial charge in [-0.15, -0.1) is 11.3 Å². The Bertz CT molecular complexity index is 1100. The quantitative estimate of drug-likeness (QED) is 0.462. The molecule has 2 aromatic carbocycles. The summed E-state index contributed by atoms with van der Waals surface area (Å²) >= 11 is 4.96. The third-order valence-electron chi connectivity index (χ3n) is 4.19. The summed E-state index contributed by atoms with van der Waals surface area (Å²) in [6.45, 7) is 2.58. The predicted molar refractivity (Wildman–Crippen MR) is 107 cm³/mol. The summed E-state index contributed by atoms with van der Waals surface area (Å²) < 4.78 is 2.70. The molecule has 2 heterocycles. The van der Waals surface area contributed by atoms with Gasteiger partial charge < -0.3 is 0 Å². The van der Waals surface area contributed by atoms with Crippen molar-refractivity contribution in [2.45, 2.75) is 13.5 Å². The molecule has 0 radical (unpaired) electrons. The number of benzene rings is 2. The number of nitrogens with zero attached hydrogens (tertiary/aromatic N) is 2. The highest BCUT2D eigenvalue weighted by atomic mass is 79.9. The molecule has 0 atom stereocenters. The van der Waals surface area contributed by atoms with Crippen molar-refractivity contribution in [3.63, 3.8) is 0 Å². The Labute approximate surface area is 157 Å². The zero-order chi connectivity index (χ0) is 17.4. The maximum atomic E-state index is 13.0. The minimum atomic E-state index is 0.00439. The Kier molecular flexibility index (Phi) is 4.27. The zero-order valence-electron chi connectivity index (χ0n) is 13.6. The predicted octanol–water partition coefficient (Wildman–Crippen LogP) is 5.24. The van der Waals surface area contributed by atoms with Crippen LogP contribution in [0.2, 0.25) is 0 Å². The first-order valence-electron chi connectivity index (χ1n) is 7.90. The first kappa shape index (κ1) is 16.2. The molecule has 4 aromatic rings. The molecule has 0 amide bonds. The fourth-order valence-corrected chi connectivity index (χ4v) is 3.98. The number of thiophene rings is 1. The number of aromatic nitrogens is 2. The van der Waals surface area contributed by atoms with Crippen molar-refractivity contribution in [2.24, 2.45) is 0 Å². The highest BCUT2D eigenvalue weighted by Crippen LogP contribution is 2.31. The van der Waals surface area contributed by atoms with E-state index in [4.69, 9.17) is 0 Å². The van der Waals surface area contributed by atoms with Crippen LogP contribution in [0.25, 0.3) is 21.3 Å². The lowest BCUT2D eigenvalue weighted by molar-refractivity contribution is 0.749. The van der Waals surface area contributed by atoms with Crippen LogP contribution in [-0.2, 0) is 6.54 Å². The SMILES string of the molecule is Cc1ccc(Cn2cnc3scc(-c4ccc(Br)cc4)c3c2=O)cc1. The number of aryl methyl sites for hydroxylation is 1. The van der Waals surface area contributed by atoms with E-state index in [0.29, 0.717) is 11.9 Å². The molecule has 0 spiro atoms. The topological polar surface area (TPSA) is 34.9 Å². The fourth-order valence-electron chi connectivity index (χ4n) is 2.81. The van der Waals surface area contributed by atoms with Crippen LogP contribution in [0.4, 0.5) is 0 Å². The number of hydrogen-bond donors (Lipinski definition) is 0. The summed E-state index contributed by atoms with van der Waals surface area (Å²) in [6, 6.07) is 16.2. The van der Waals surface area contributed by atoms with Crippen molar-refractivity contribution in [2.75, 3.05) is 0 Å². The van der Waals surface area contributed by atoms with Gasteiger partial charge in [0.15, 0.2) is 0 Å². The first-order valence-corrected chi connectivity index (χ1v) is 9.57. The molecule has 0 aliphatic carbocycles. The lowest BCUT2D eigenvalue weighted by Gasteiger charge is -2.07. The second-order valence-corrected chi connectivity index (χ2v) is 7.77. The largest absolute Gasteiger partial charge is 0.294 e. The lowest BCUT2D eigenvalue weighted by Crippen LogP contribution is -2.20. The van der Waals surface area contributed by atoms with Crippen LogP contribution in [0.3, 0.4) is 0 Å². The van der Waals surface area contributed by atoms with E-state index < -0.39 is 0 Å². The normalized spacial score (nSPS) is 11.1. The molecule has 3 nitrogen and oxygen atoms in total. The molecule has 0 N–H and O–H groups in total. The third kappa shape index (κ3) is 3.17. The molecule has 5 heteroatoms. The van der Waals surface area contributed by atoms with E-state index in [2.05, 4.69) is 52.1 Å². The van der Waals surface area contributed by atoms with Gasteiger partial charge in [-0.2, -0.15) is 0 Å². The van der Waals surface area contributed by atoms with E-state index in [9.17, 15) is 4.79 Å². The second-order valence-electron chi connectivity index (χ2n) is 6.00. The summed E-state index contributed by atoms with van der Waals surface area (Å²) in [7, 11) is 0. The zero-order valence-corrected chi connectivity index (χ0v) is 16.0. The second kappa shape index (κ2) is 6.58. The summed E-state index contributed by atoms with van der Waals surface area (Å²) in [5.74, 6) is 0.